The normalized spacial score (nSPS) is 9.73. The first-order chi connectivity index (χ1) is 5.15. The van der Waals surface area contributed by atoms with Crippen molar-refractivity contribution in [3.05, 3.63) is 23.0 Å². The van der Waals surface area contributed by atoms with Gasteiger partial charge in [-0.15, -0.1) is 0 Å². The Labute approximate surface area is 68.7 Å². The van der Waals surface area contributed by atoms with E-state index in [9.17, 15) is 4.39 Å². The predicted octanol–water partition coefficient (Wildman–Crippen LogP) is 2.07. The van der Waals surface area contributed by atoms with Crippen molar-refractivity contribution in [2.45, 2.75) is 0 Å². The van der Waals surface area contributed by atoms with E-state index in [0.29, 0.717) is 5.75 Å². The molecule has 0 aliphatic carbocycles. The number of nitrogen functional groups attached to an aromatic ring is 1. The van der Waals surface area contributed by atoms with Gasteiger partial charge in [0, 0.05) is 12.1 Å². The van der Waals surface area contributed by atoms with Gasteiger partial charge in [0.1, 0.15) is 5.75 Å². The first-order valence-corrected chi connectivity index (χ1v) is 3.31. The fourth-order valence-corrected chi connectivity index (χ4v) is 0.919. The highest BCUT2D eigenvalue weighted by Crippen LogP contribution is 2.26. The van der Waals surface area contributed by atoms with E-state index < -0.39 is 5.82 Å². The predicted molar refractivity (Wildman–Crippen MR) is 42.4 cm³/mol. The minimum Gasteiger partial charge on any atom is -0.497 e. The second-order valence-electron chi connectivity index (χ2n) is 2.01. The summed E-state index contributed by atoms with van der Waals surface area (Å²) >= 11 is 5.46. The molecule has 0 atom stereocenters. The van der Waals surface area contributed by atoms with Crippen LogP contribution >= 0.6 is 11.6 Å². The first-order valence-electron chi connectivity index (χ1n) is 2.93. The lowest BCUT2D eigenvalue weighted by atomic mass is 10.3. The number of methoxy groups -OCH3 is 1. The minimum atomic E-state index is -0.604. The smallest absolute Gasteiger partial charge is 0.164 e. The maximum absolute atomic E-state index is 12.7. The molecule has 1 aromatic carbocycles. The van der Waals surface area contributed by atoms with Crippen LogP contribution in [0, 0.1) is 5.82 Å². The van der Waals surface area contributed by atoms with E-state index in [-0.39, 0.29) is 10.7 Å². The molecule has 2 N–H and O–H groups in total. The second-order valence-corrected chi connectivity index (χ2v) is 2.42. The van der Waals surface area contributed by atoms with Gasteiger partial charge in [-0.25, -0.2) is 4.39 Å². The summed E-state index contributed by atoms with van der Waals surface area (Å²) in [6.45, 7) is 0. The Hall–Kier alpha value is -0.960. The lowest BCUT2D eigenvalue weighted by Crippen LogP contribution is -1.93. The van der Waals surface area contributed by atoms with Crippen LogP contribution in [0.3, 0.4) is 0 Å². The highest BCUT2D eigenvalue weighted by Gasteiger charge is 2.05. The summed E-state index contributed by atoms with van der Waals surface area (Å²) in [6, 6.07) is 2.74. The van der Waals surface area contributed by atoms with Crippen molar-refractivity contribution in [3.8, 4) is 5.75 Å². The number of nitrogens with two attached hydrogens (primary N) is 1. The van der Waals surface area contributed by atoms with Crippen LogP contribution in [0.5, 0.6) is 5.75 Å². The maximum Gasteiger partial charge on any atom is 0.164 e. The van der Waals surface area contributed by atoms with E-state index >= 15 is 0 Å². The number of benzene rings is 1. The Kier molecular flexibility index (Phi) is 2.19. The van der Waals surface area contributed by atoms with Gasteiger partial charge in [-0.3, -0.25) is 0 Å². The summed E-state index contributed by atoms with van der Waals surface area (Å²) in [7, 11) is 1.46. The van der Waals surface area contributed by atoms with E-state index in [0.717, 1.165) is 0 Å². The lowest BCUT2D eigenvalue weighted by Gasteiger charge is -2.02. The summed E-state index contributed by atoms with van der Waals surface area (Å²) in [5, 5.41) is -0.0261. The van der Waals surface area contributed by atoms with Gasteiger partial charge in [0.05, 0.1) is 17.8 Å². The number of halogens is 2. The monoisotopic (exact) mass is 175 g/mol. The molecule has 0 aromatic heterocycles. The van der Waals surface area contributed by atoms with Gasteiger partial charge in [-0.05, 0) is 0 Å². The molecule has 0 aliphatic heterocycles. The molecule has 0 bridgehead atoms. The quantitative estimate of drug-likeness (QED) is 0.664. The number of ether oxygens (including phenoxy) is 1. The fraction of sp³-hybridized carbons (Fsp3) is 0.143. The van der Waals surface area contributed by atoms with Crippen molar-refractivity contribution >= 4 is 17.3 Å². The van der Waals surface area contributed by atoms with Crippen molar-refractivity contribution < 1.29 is 9.13 Å². The van der Waals surface area contributed by atoms with Gasteiger partial charge >= 0.3 is 0 Å². The zero-order chi connectivity index (χ0) is 8.43. The van der Waals surface area contributed by atoms with Gasteiger partial charge in [0.2, 0.25) is 0 Å². The van der Waals surface area contributed by atoms with Crippen LogP contribution in [0.2, 0.25) is 5.02 Å². The Morgan fingerprint density at radius 2 is 2.18 bits per heavy atom. The largest absolute Gasteiger partial charge is 0.497 e. The Morgan fingerprint density at radius 1 is 1.55 bits per heavy atom. The van der Waals surface area contributed by atoms with Crippen molar-refractivity contribution in [2.24, 2.45) is 0 Å². The van der Waals surface area contributed by atoms with E-state index in [1.165, 1.54) is 19.2 Å². The highest BCUT2D eigenvalue weighted by atomic mass is 35.5. The van der Waals surface area contributed by atoms with Crippen molar-refractivity contribution in [1.29, 1.82) is 0 Å². The Morgan fingerprint density at radius 3 is 2.64 bits per heavy atom. The molecular formula is C7H7ClFNO. The van der Waals surface area contributed by atoms with E-state index in [2.05, 4.69) is 0 Å². The van der Waals surface area contributed by atoms with Gasteiger partial charge in [0.25, 0.3) is 0 Å². The van der Waals surface area contributed by atoms with Crippen LogP contribution in [-0.4, -0.2) is 7.11 Å². The van der Waals surface area contributed by atoms with Crippen LogP contribution in [-0.2, 0) is 0 Å². The minimum absolute atomic E-state index is 0.00523. The lowest BCUT2D eigenvalue weighted by molar-refractivity contribution is 0.414. The van der Waals surface area contributed by atoms with Crippen LogP contribution in [0.4, 0.5) is 10.1 Å². The molecular weight excluding hydrogens is 169 g/mol. The third-order valence-electron chi connectivity index (χ3n) is 1.27. The van der Waals surface area contributed by atoms with E-state index in [1.807, 2.05) is 0 Å². The molecule has 0 radical (unpaired) electrons. The summed E-state index contributed by atoms with van der Waals surface area (Å²) in [4.78, 5) is 0. The van der Waals surface area contributed by atoms with Crippen LogP contribution in [0.1, 0.15) is 0 Å². The van der Waals surface area contributed by atoms with Crippen LogP contribution in [0.15, 0.2) is 12.1 Å². The average Bonchev–Trinajstić information content (AvgIpc) is 1.99. The van der Waals surface area contributed by atoms with Gasteiger partial charge in [0.15, 0.2) is 5.82 Å². The van der Waals surface area contributed by atoms with Gasteiger partial charge in [-0.2, -0.15) is 0 Å². The first kappa shape index (κ1) is 8.14. The molecule has 0 saturated heterocycles. The standard InChI is InChI=1S/C7H7ClFNO/c1-11-4-2-5(8)7(9)6(10)3-4/h2-3H,10H2,1H3. The summed E-state index contributed by atoms with van der Waals surface area (Å²) < 4.78 is 17.5. The number of anilines is 1. The molecule has 60 valence electrons. The highest BCUT2D eigenvalue weighted by molar-refractivity contribution is 6.31. The van der Waals surface area contributed by atoms with Crippen molar-refractivity contribution in [2.75, 3.05) is 12.8 Å². The molecule has 0 aliphatic rings. The molecule has 1 rings (SSSR count). The molecule has 11 heavy (non-hydrogen) atoms. The Bertz CT molecular complexity index is 254. The molecule has 0 heterocycles. The maximum atomic E-state index is 12.7. The molecule has 0 saturated carbocycles. The molecule has 1 aromatic rings. The second kappa shape index (κ2) is 2.96. The molecule has 0 fully saturated rings. The number of rotatable bonds is 1. The molecule has 0 unspecified atom stereocenters. The Balaban J connectivity index is 3.21. The van der Waals surface area contributed by atoms with Crippen molar-refractivity contribution in [3.63, 3.8) is 0 Å². The summed E-state index contributed by atoms with van der Waals surface area (Å²) in [5.74, 6) is -0.152. The van der Waals surface area contributed by atoms with Crippen molar-refractivity contribution in [1.82, 2.24) is 0 Å². The summed E-state index contributed by atoms with van der Waals surface area (Å²) in [5.41, 5.74) is 5.25. The third kappa shape index (κ3) is 1.54. The zero-order valence-corrected chi connectivity index (χ0v) is 6.65. The number of hydrogen-bond acceptors (Lipinski definition) is 2. The van der Waals surface area contributed by atoms with E-state index in [4.69, 9.17) is 22.1 Å². The van der Waals surface area contributed by atoms with E-state index in [1.54, 1.807) is 0 Å². The summed E-state index contributed by atoms with van der Waals surface area (Å²) in [6.07, 6.45) is 0. The zero-order valence-electron chi connectivity index (χ0n) is 5.90. The molecule has 2 nitrogen and oxygen atoms in total. The fourth-order valence-electron chi connectivity index (χ4n) is 0.702. The van der Waals surface area contributed by atoms with Crippen LogP contribution in [0.25, 0.3) is 0 Å². The average molecular weight is 176 g/mol. The number of hydrogen-bond donors (Lipinski definition) is 1. The molecule has 0 amide bonds. The van der Waals surface area contributed by atoms with Gasteiger partial charge < -0.3 is 10.5 Å². The third-order valence-corrected chi connectivity index (χ3v) is 1.54. The molecule has 0 spiro atoms. The topological polar surface area (TPSA) is 35.2 Å². The SMILES string of the molecule is COc1cc(N)c(F)c(Cl)c1. The van der Waals surface area contributed by atoms with Gasteiger partial charge in [-0.1, -0.05) is 11.6 Å². The molecule has 4 heteroatoms. The van der Waals surface area contributed by atoms with Crippen LogP contribution < -0.4 is 10.5 Å².